The molecule has 32 heavy (non-hydrogen) atoms. The van der Waals surface area contributed by atoms with Crippen LogP contribution < -0.4 is 0 Å². The lowest BCUT2D eigenvalue weighted by Crippen LogP contribution is -1.93. The van der Waals surface area contributed by atoms with Gasteiger partial charge in [-0.15, -0.1) is 0 Å². The molecule has 0 saturated carbocycles. The zero-order valence-electron chi connectivity index (χ0n) is 21.9. The summed E-state index contributed by atoms with van der Waals surface area (Å²) in [7, 11) is 0. The van der Waals surface area contributed by atoms with Crippen LogP contribution in [-0.2, 0) is 4.79 Å². The highest BCUT2D eigenvalue weighted by Gasteiger charge is 1.97. The number of allylic oxidation sites excluding steroid dienone is 2. The van der Waals surface area contributed by atoms with Crippen LogP contribution in [-0.4, -0.2) is 11.1 Å². The number of rotatable bonds is 27. The van der Waals surface area contributed by atoms with Gasteiger partial charge in [-0.1, -0.05) is 147 Å². The van der Waals surface area contributed by atoms with Crippen LogP contribution >= 0.6 is 0 Å². The van der Waals surface area contributed by atoms with Crippen LogP contribution in [0.3, 0.4) is 0 Å². The van der Waals surface area contributed by atoms with Gasteiger partial charge in [0.25, 0.3) is 0 Å². The van der Waals surface area contributed by atoms with Crippen molar-refractivity contribution in [2.45, 2.75) is 174 Å². The van der Waals surface area contributed by atoms with Gasteiger partial charge in [0, 0.05) is 6.42 Å². The highest BCUT2D eigenvalue weighted by molar-refractivity contribution is 5.66. The highest BCUT2D eigenvalue weighted by Crippen LogP contribution is 2.14. The van der Waals surface area contributed by atoms with E-state index in [2.05, 4.69) is 19.1 Å². The van der Waals surface area contributed by atoms with Crippen molar-refractivity contribution < 1.29 is 9.90 Å². The van der Waals surface area contributed by atoms with Crippen LogP contribution in [0.4, 0.5) is 0 Å². The largest absolute Gasteiger partial charge is 0.481 e. The van der Waals surface area contributed by atoms with Crippen molar-refractivity contribution in [2.75, 3.05) is 0 Å². The fraction of sp³-hybridized carbons (Fsp3) is 0.900. The molecule has 0 heterocycles. The minimum absolute atomic E-state index is 0.344. The number of carboxylic acid groups (broad SMARTS) is 1. The first-order valence-electron chi connectivity index (χ1n) is 14.6. The van der Waals surface area contributed by atoms with E-state index in [-0.39, 0.29) is 0 Å². The molecule has 1 N–H and O–H groups in total. The van der Waals surface area contributed by atoms with Crippen molar-refractivity contribution in [3.8, 4) is 0 Å². The van der Waals surface area contributed by atoms with Crippen LogP contribution in [0.15, 0.2) is 12.2 Å². The van der Waals surface area contributed by atoms with E-state index in [1.807, 2.05) is 0 Å². The molecule has 0 fully saturated rings. The van der Waals surface area contributed by atoms with Gasteiger partial charge in [0.05, 0.1) is 0 Å². The second kappa shape index (κ2) is 28.2. The molecule has 0 aliphatic carbocycles. The zero-order valence-corrected chi connectivity index (χ0v) is 21.9. The van der Waals surface area contributed by atoms with Gasteiger partial charge in [-0.2, -0.15) is 0 Å². The van der Waals surface area contributed by atoms with E-state index in [1.54, 1.807) is 0 Å². The fourth-order valence-corrected chi connectivity index (χ4v) is 4.47. The molecule has 0 saturated heterocycles. The minimum atomic E-state index is -0.651. The van der Waals surface area contributed by atoms with Crippen molar-refractivity contribution in [1.82, 2.24) is 0 Å². The summed E-state index contributed by atoms with van der Waals surface area (Å²) in [5.41, 5.74) is 0. The van der Waals surface area contributed by atoms with Gasteiger partial charge >= 0.3 is 5.97 Å². The van der Waals surface area contributed by atoms with Crippen LogP contribution in [0.25, 0.3) is 0 Å². The van der Waals surface area contributed by atoms with Crippen LogP contribution in [0.5, 0.6) is 0 Å². The monoisotopic (exact) mass is 450 g/mol. The van der Waals surface area contributed by atoms with Gasteiger partial charge in [0.2, 0.25) is 0 Å². The van der Waals surface area contributed by atoms with Crippen molar-refractivity contribution in [3.05, 3.63) is 12.2 Å². The third-order valence-corrected chi connectivity index (χ3v) is 6.65. The van der Waals surface area contributed by atoms with Gasteiger partial charge in [-0.05, 0) is 32.1 Å². The van der Waals surface area contributed by atoms with Gasteiger partial charge < -0.3 is 5.11 Å². The number of carboxylic acids is 1. The molecule has 0 spiro atoms. The van der Waals surface area contributed by atoms with E-state index in [9.17, 15) is 4.79 Å². The molecule has 190 valence electrons. The predicted octanol–water partition coefficient (Wildman–Crippen LogP) is 10.8. The molecular weight excluding hydrogens is 392 g/mol. The normalized spacial score (nSPS) is 11.5. The quantitative estimate of drug-likeness (QED) is 0.0997. The van der Waals surface area contributed by atoms with E-state index >= 15 is 0 Å². The van der Waals surface area contributed by atoms with Crippen LogP contribution in [0.2, 0.25) is 0 Å². The number of aliphatic carboxylic acids is 1. The molecule has 0 aromatic carbocycles. The standard InChI is InChI=1S/C30H58O2/c1-2-3-4-5-6-7-8-9-10-11-12-13-14-15-16-17-18-19-20-21-22-23-24-25-26-27-28-29-30(31)32/h11-12H,2-10,13-29H2,1H3,(H,31,32). The molecule has 0 aliphatic rings. The summed E-state index contributed by atoms with van der Waals surface area (Å²) in [6.45, 7) is 2.29. The minimum Gasteiger partial charge on any atom is -0.481 e. The Kier molecular flexibility index (Phi) is 27.5. The van der Waals surface area contributed by atoms with E-state index < -0.39 is 5.97 Å². The molecule has 0 atom stereocenters. The highest BCUT2D eigenvalue weighted by atomic mass is 16.4. The average Bonchev–Trinajstić information content (AvgIpc) is 2.78. The number of carbonyl (C=O) groups is 1. The Bertz CT molecular complexity index is 388. The smallest absolute Gasteiger partial charge is 0.303 e. The third-order valence-electron chi connectivity index (χ3n) is 6.65. The summed E-state index contributed by atoms with van der Waals surface area (Å²) in [4.78, 5) is 10.4. The van der Waals surface area contributed by atoms with Crippen molar-refractivity contribution >= 4 is 5.97 Å². The molecule has 2 nitrogen and oxygen atoms in total. The lowest BCUT2D eigenvalue weighted by Gasteiger charge is -2.03. The summed E-state index contributed by atoms with van der Waals surface area (Å²) < 4.78 is 0. The third kappa shape index (κ3) is 29.2. The SMILES string of the molecule is CCCCCCCCCCC=CCCCCCCCCCCCCCCCCCC(=O)O. The van der Waals surface area contributed by atoms with Gasteiger partial charge in [-0.25, -0.2) is 0 Å². The second-order valence-corrected chi connectivity index (χ2v) is 9.97. The van der Waals surface area contributed by atoms with Crippen molar-refractivity contribution in [2.24, 2.45) is 0 Å². The maximum absolute atomic E-state index is 10.4. The first-order valence-corrected chi connectivity index (χ1v) is 14.6. The molecule has 0 rings (SSSR count). The molecule has 0 aliphatic heterocycles. The molecule has 0 aromatic rings. The molecule has 0 bridgehead atoms. The second-order valence-electron chi connectivity index (χ2n) is 9.97. The maximum atomic E-state index is 10.4. The molecule has 0 radical (unpaired) electrons. The maximum Gasteiger partial charge on any atom is 0.303 e. The lowest BCUT2D eigenvalue weighted by molar-refractivity contribution is -0.137. The zero-order chi connectivity index (χ0) is 23.4. The Morgan fingerprint density at radius 3 is 1.06 bits per heavy atom. The number of unbranched alkanes of at least 4 members (excludes halogenated alkanes) is 23. The van der Waals surface area contributed by atoms with Crippen LogP contribution in [0.1, 0.15) is 174 Å². The lowest BCUT2D eigenvalue weighted by atomic mass is 10.0. The Morgan fingerprint density at radius 1 is 0.469 bits per heavy atom. The summed E-state index contributed by atoms with van der Waals surface area (Å²) >= 11 is 0. The van der Waals surface area contributed by atoms with E-state index in [0.717, 1.165) is 12.8 Å². The molecular formula is C30H58O2. The van der Waals surface area contributed by atoms with Crippen LogP contribution in [0, 0.1) is 0 Å². The Labute approximate surface area is 202 Å². The van der Waals surface area contributed by atoms with E-state index in [4.69, 9.17) is 5.11 Å². The summed E-state index contributed by atoms with van der Waals surface area (Å²) in [6, 6.07) is 0. The molecule has 0 unspecified atom stereocenters. The van der Waals surface area contributed by atoms with Gasteiger partial charge in [-0.3, -0.25) is 4.79 Å². The Balaban J connectivity index is 3.07. The Morgan fingerprint density at radius 2 is 0.750 bits per heavy atom. The molecule has 0 amide bonds. The molecule has 0 aromatic heterocycles. The van der Waals surface area contributed by atoms with Crippen molar-refractivity contribution in [3.63, 3.8) is 0 Å². The van der Waals surface area contributed by atoms with E-state index in [0.29, 0.717) is 6.42 Å². The fourth-order valence-electron chi connectivity index (χ4n) is 4.47. The molecule has 2 heteroatoms. The summed E-state index contributed by atoms with van der Waals surface area (Å²) in [5.74, 6) is -0.651. The van der Waals surface area contributed by atoms with Gasteiger partial charge in [0.1, 0.15) is 0 Å². The number of hydrogen-bond acceptors (Lipinski definition) is 1. The first kappa shape index (κ1) is 31.2. The average molecular weight is 451 g/mol. The first-order chi connectivity index (χ1) is 15.8. The van der Waals surface area contributed by atoms with Crippen molar-refractivity contribution in [1.29, 1.82) is 0 Å². The van der Waals surface area contributed by atoms with Gasteiger partial charge in [0.15, 0.2) is 0 Å². The predicted molar refractivity (Wildman–Crippen MR) is 142 cm³/mol. The number of hydrogen-bond donors (Lipinski definition) is 1. The van der Waals surface area contributed by atoms with E-state index in [1.165, 1.54) is 148 Å². The summed E-state index contributed by atoms with van der Waals surface area (Å²) in [5, 5.41) is 8.60. The topological polar surface area (TPSA) is 37.3 Å². The Hall–Kier alpha value is -0.790. The summed E-state index contributed by atoms with van der Waals surface area (Å²) in [6.07, 6.45) is 39.0.